The molecule has 1 saturated carbocycles. The van der Waals surface area contributed by atoms with E-state index in [4.69, 9.17) is 0 Å². The van der Waals surface area contributed by atoms with Crippen molar-refractivity contribution >= 4 is 5.95 Å². The Kier molecular flexibility index (Phi) is 3.99. The standard InChI is InChI=1S/C17H24N6/c1-22-12-21-15-11-23(10-13-4-2-5-13)14(8-16(15)22)9-20-17-18-6-3-7-19-17/h3,6-7,12-14H,2,4-5,8-11H2,1H3,(H,18,19,20)/t14-/m0/s1. The van der Waals surface area contributed by atoms with E-state index < -0.39 is 0 Å². The first-order valence-electron chi connectivity index (χ1n) is 8.53. The van der Waals surface area contributed by atoms with Crippen LogP contribution >= 0.6 is 0 Å². The fourth-order valence-corrected chi connectivity index (χ4v) is 3.59. The molecule has 0 aromatic carbocycles. The van der Waals surface area contributed by atoms with Gasteiger partial charge in [0.25, 0.3) is 0 Å². The Morgan fingerprint density at radius 3 is 2.78 bits per heavy atom. The third-order valence-corrected chi connectivity index (χ3v) is 5.22. The molecule has 0 radical (unpaired) electrons. The number of imidazole rings is 1. The Morgan fingerprint density at radius 1 is 1.22 bits per heavy atom. The normalized spacial score (nSPS) is 21.7. The molecule has 3 heterocycles. The van der Waals surface area contributed by atoms with Gasteiger partial charge in [0.05, 0.1) is 12.0 Å². The lowest BCUT2D eigenvalue weighted by molar-refractivity contribution is 0.117. The molecule has 0 unspecified atom stereocenters. The molecule has 0 spiro atoms. The predicted octanol–water partition coefficient (Wildman–Crippen LogP) is 1.85. The highest BCUT2D eigenvalue weighted by atomic mass is 15.2. The summed E-state index contributed by atoms with van der Waals surface area (Å²) in [6, 6.07) is 2.32. The molecule has 0 saturated heterocycles. The summed E-state index contributed by atoms with van der Waals surface area (Å²) >= 11 is 0. The van der Waals surface area contributed by atoms with Gasteiger partial charge in [0.15, 0.2) is 0 Å². The average molecular weight is 312 g/mol. The van der Waals surface area contributed by atoms with E-state index in [1.165, 1.54) is 37.2 Å². The van der Waals surface area contributed by atoms with Gasteiger partial charge in [0, 0.05) is 57.2 Å². The number of anilines is 1. The van der Waals surface area contributed by atoms with Crippen molar-refractivity contribution in [1.82, 2.24) is 24.4 Å². The zero-order valence-corrected chi connectivity index (χ0v) is 13.6. The van der Waals surface area contributed by atoms with Crippen LogP contribution in [0.5, 0.6) is 0 Å². The highest BCUT2D eigenvalue weighted by molar-refractivity contribution is 5.24. The molecule has 2 aromatic rings. The summed E-state index contributed by atoms with van der Waals surface area (Å²) < 4.78 is 2.17. The van der Waals surface area contributed by atoms with Gasteiger partial charge < -0.3 is 9.88 Å². The Labute approximate surface area is 137 Å². The van der Waals surface area contributed by atoms with Gasteiger partial charge in [0.1, 0.15) is 0 Å². The zero-order chi connectivity index (χ0) is 15.6. The number of fused-ring (bicyclic) bond motifs is 1. The Balaban J connectivity index is 1.47. The number of rotatable bonds is 5. The molecule has 1 fully saturated rings. The van der Waals surface area contributed by atoms with E-state index in [0.717, 1.165) is 25.4 Å². The fraction of sp³-hybridized carbons (Fsp3) is 0.588. The topological polar surface area (TPSA) is 58.9 Å². The summed E-state index contributed by atoms with van der Waals surface area (Å²) in [7, 11) is 2.10. The summed E-state index contributed by atoms with van der Waals surface area (Å²) in [5.74, 6) is 1.59. The van der Waals surface area contributed by atoms with Crippen LogP contribution in [0.15, 0.2) is 24.8 Å². The lowest BCUT2D eigenvalue weighted by atomic mass is 9.84. The Morgan fingerprint density at radius 2 is 2.04 bits per heavy atom. The zero-order valence-electron chi connectivity index (χ0n) is 13.6. The first kappa shape index (κ1) is 14.6. The summed E-state index contributed by atoms with van der Waals surface area (Å²) in [6.07, 6.45) is 10.7. The van der Waals surface area contributed by atoms with E-state index in [-0.39, 0.29) is 0 Å². The van der Waals surface area contributed by atoms with Crippen LogP contribution in [0.4, 0.5) is 5.95 Å². The molecular formula is C17H24N6. The van der Waals surface area contributed by atoms with E-state index in [2.05, 4.69) is 36.8 Å². The third-order valence-electron chi connectivity index (χ3n) is 5.22. The molecule has 6 nitrogen and oxygen atoms in total. The van der Waals surface area contributed by atoms with Crippen LogP contribution in [0, 0.1) is 5.92 Å². The van der Waals surface area contributed by atoms with Gasteiger partial charge in [-0.1, -0.05) is 6.42 Å². The van der Waals surface area contributed by atoms with E-state index >= 15 is 0 Å². The molecule has 4 rings (SSSR count). The van der Waals surface area contributed by atoms with Gasteiger partial charge in [-0.25, -0.2) is 15.0 Å². The summed E-state index contributed by atoms with van der Waals surface area (Å²) in [4.78, 5) is 15.7. The first-order chi connectivity index (χ1) is 11.3. The number of aryl methyl sites for hydroxylation is 1. The molecule has 0 amide bonds. The summed E-state index contributed by atoms with van der Waals surface area (Å²) in [6.45, 7) is 3.04. The maximum absolute atomic E-state index is 4.59. The SMILES string of the molecule is Cn1cnc2c1C[C@@H](CNc1ncccn1)N(CC1CCC1)C2. The molecule has 0 bridgehead atoms. The highest BCUT2D eigenvalue weighted by Gasteiger charge is 2.31. The molecule has 1 aliphatic heterocycles. The van der Waals surface area contributed by atoms with E-state index in [1.807, 2.05) is 12.4 Å². The second kappa shape index (κ2) is 6.28. The number of hydrogen-bond acceptors (Lipinski definition) is 5. The lowest BCUT2D eigenvalue weighted by Crippen LogP contribution is -2.47. The van der Waals surface area contributed by atoms with Gasteiger partial charge >= 0.3 is 0 Å². The largest absolute Gasteiger partial charge is 0.353 e. The second-order valence-electron chi connectivity index (χ2n) is 6.79. The Hall–Kier alpha value is -1.95. The van der Waals surface area contributed by atoms with Crippen LogP contribution in [0.3, 0.4) is 0 Å². The van der Waals surface area contributed by atoms with Crippen molar-refractivity contribution in [1.29, 1.82) is 0 Å². The summed E-state index contributed by atoms with van der Waals surface area (Å²) in [5.41, 5.74) is 2.62. The van der Waals surface area contributed by atoms with Crippen molar-refractivity contribution in [3.8, 4) is 0 Å². The third kappa shape index (κ3) is 3.08. The smallest absolute Gasteiger partial charge is 0.222 e. The monoisotopic (exact) mass is 312 g/mol. The van der Waals surface area contributed by atoms with Gasteiger partial charge in [0.2, 0.25) is 5.95 Å². The van der Waals surface area contributed by atoms with Crippen molar-refractivity contribution in [2.75, 3.05) is 18.4 Å². The minimum Gasteiger partial charge on any atom is -0.353 e. The minimum absolute atomic E-state index is 0.474. The number of nitrogens with zero attached hydrogens (tertiary/aromatic N) is 5. The molecule has 1 aliphatic carbocycles. The number of nitrogens with one attached hydrogen (secondary N) is 1. The van der Waals surface area contributed by atoms with Crippen molar-refractivity contribution in [3.05, 3.63) is 36.2 Å². The molecule has 122 valence electrons. The molecule has 23 heavy (non-hydrogen) atoms. The number of hydrogen-bond donors (Lipinski definition) is 1. The van der Waals surface area contributed by atoms with Crippen molar-refractivity contribution in [3.63, 3.8) is 0 Å². The quantitative estimate of drug-likeness (QED) is 0.913. The number of aromatic nitrogens is 4. The van der Waals surface area contributed by atoms with Crippen LogP contribution in [-0.2, 0) is 20.0 Å². The highest BCUT2D eigenvalue weighted by Crippen LogP contribution is 2.30. The molecule has 2 aromatic heterocycles. The predicted molar refractivity (Wildman–Crippen MR) is 89.0 cm³/mol. The van der Waals surface area contributed by atoms with Crippen LogP contribution in [-0.4, -0.2) is 43.6 Å². The van der Waals surface area contributed by atoms with Crippen LogP contribution < -0.4 is 5.32 Å². The molecule has 6 heteroatoms. The van der Waals surface area contributed by atoms with Gasteiger partial charge in [-0.15, -0.1) is 0 Å². The van der Waals surface area contributed by atoms with Crippen molar-refractivity contribution in [2.45, 2.75) is 38.3 Å². The van der Waals surface area contributed by atoms with E-state index in [9.17, 15) is 0 Å². The molecule has 1 atom stereocenters. The molecular weight excluding hydrogens is 288 g/mol. The maximum Gasteiger partial charge on any atom is 0.222 e. The maximum atomic E-state index is 4.59. The van der Waals surface area contributed by atoms with E-state index in [0.29, 0.717) is 12.0 Å². The van der Waals surface area contributed by atoms with Crippen LogP contribution in [0.1, 0.15) is 30.7 Å². The first-order valence-corrected chi connectivity index (χ1v) is 8.53. The molecule has 2 aliphatic rings. The van der Waals surface area contributed by atoms with Gasteiger partial charge in [-0.2, -0.15) is 0 Å². The molecule has 1 N–H and O–H groups in total. The van der Waals surface area contributed by atoms with Crippen molar-refractivity contribution < 1.29 is 0 Å². The lowest BCUT2D eigenvalue weighted by Gasteiger charge is -2.39. The van der Waals surface area contributed by atoms with Crippen LogP contribution in [0.2, 0.25) is 0 Å². The van der Waals surface area contributed by atoms with Gasteiger partial charge in [-0.3, -0.25) is 4.90 Å². The van der Waals surface area contributed by atoms with E-state index in [1.54, 1.807) is 12.4 Å². The average Bonchev–Trinajstić information content (AvgIpc) is 2.90. The van der Waals surface area contributed by atoms with Crippen molar-refractivity contribution in [2.24, 2.45) is 13.0 Å². The minimum atomic E-state index is 0.474. The summed E-state index contributed by atoms with van der Waals surface area (Å²) in [5, 5.41) is 3.40. The Bertz CT molecular complexity index is 648. The van der Waals surface area contributed by atoms with Crippen LogP contribution in [0.25, 0.3) is 0 Å². The van der Waals surface area contributed by atoms with Gasteiger partial charge in [-0.05, 0) is 24.8 Å². The fourth-order valence-electron chi connectivity index (χ4n) is 3.59. The second-order valence-corrected chi connectivity index (χ2v) is 6.79.